The standard InChI is InChI=1S/C26H28N2O5S/c29-24-9-8-22(25(30)27-24)28-15-21-20(26(28)31)2-1-3-23(21)33-16-19-6-4-17(5-7-19)14-18-10-12-34(32)13-11-18/h1-7,18,22H,8-16H2,(H,27,29,30). The molecule has 2 aromatic rings. The summed E-state index contributed by atoms with van der Waals surface area (Å²) < 4.78 is 17.7. The molecule has 2 saturated heterocycles. The number of piperidine rings is 1. The highest BCUT2D eigenvalue weighted by atomic mass is 32.2. The van der Waals surface area contributed by atoms with E-state index in [1.54, 1.807) is 12.1 Å². The quantitative estimate of drug-likeness (QED) is 0.642. The van der Waals surface area contributed by atoms with E-state index in [-0.39, 0.29) is 18.2 Å². The zero-order chi connectivity index (χ0) is 23.7. The minimum Gasteiger partial charge on any atom is -0.489 e. The van der Waals surface area contributed by atoms with Crippen molar-refractivity contribution in [1.82, 2.24) is 10.2 Å². The second kappa shape index (κ2) is 9.70. The van der Waals surface area contributed by atoms with Crippen molar-refractivity contribution in [2.75, 3.05) is 11.5 Å². The van der Waals surface area contributed by atoms with Crippen LogP contribution in [0.5, 0.6) is 5.75 Å². The van der Waals surface area contributed by atoms with Crippen LogP contribution in [0.4, 0.5) is 0 Å². The molecule has 0 aromatic heterocycles. The van der Waals surface area contributed by atoms with Crippen molar-refractivity contribution in [3.63, 3.8) is 0 Å². The molecule has 1 unspecified atom stereocenters. The number of amides is 3. The number of benzene rings is 2. The lowest BCUT2D eigenvalue weighted by Gasteiger charge is -2.29. The predicted molar refractivity (Wildman–Crippen MR) is 128 cm³/mol. The van der Waals surface area contributed by atoms with Crippen molar-refractivity contribution in [2.45, 2.75) is 51.3 Å². The van der Waals surface area contributed by atoms with Gasteiger partial charge in [-0.15, -0.1) is 0 Å². The van der Waals surface area contributed by atoms with Crippen LogP contribution in [-0.2, 0) is 40.0 Å². The SMILES string of the molecule is O=C1CCC(N2Cc3c(OCc4ccc(CC5CCS(=O)CC5)cc4)cccc3C2=O)C(=O)N1. The highest BCUT2D eigenvalue weighted by Gasteiger charge is 2.40. The van der Waals surface area contributed by atoms with Gasteiger partial charge in [0.25, 0.3) is 5.91 Å². The number of carbonyl (C=O) groups excluding carboxylic acids is 3. The van der Waals surface area contributed by atoms with Crippen LogP contribution in [0.25, 0.3) is 0 Å². The van der Waals surface area contributed by atoms with Crippen molar-refractivity contribution in [3.8, 4) is 5.75 Å². The molecule has 34 heavy (non-hydrogen) atoms. The van der Waals surface area contributed by atoms with Gasteiger partial charge in [-0.25, -0.2) is 0 Å². The van der Waals surface area contributed by atoms with E-state index in [0.717, 1.165) is 41.9 Å². The number of nitrogens with zero attached hydrogens (tertiary/aromatic N) is 1. The molecule has 178 valence electrons. The summed E-state index contributed by atoms with van der Waals surface area (Å²) in [6.07, 6.45) is 3.65. The molecule has 0 radical (unpaired) electrons. The average molecular weight is 481 g/mol. The summed E-state index contributed by atoms with van der Waals surface area (Å²) >= 11 is 0. The molecule has 0 bridgehead atoms. The molecular weight excluding hydrogens is 452 g/mol. The van der Waals surface area contributed by atoms with E-state index in [1.807, 2.05) is 6.07 Å². The third-order valence-corrected chi connectivity index (χ3v) is 8.37. The number of hydrogen-bond donors (Lipinski definition) is 1. The minimum atomic E-state index is -0.637. The number of rotatable bonds is 6. The van der Waals surface area contributed by atoms with Crippen LogP contribution in [0.1, 0.15) is 52.7 Å². The number of imide groups is 1. The summed E-state index contributed by atoms with van der Waals surface area (Å²) in [6.45, 7) is 0.674. The largest absolute Gasteiger partial charge is 0.489 e. The van der Waals surface area contributed by atoms with Gasteiger partial charge < -0.3 is 9.64 Å². The lowest BCUT2D eigenvalue weighted by molar-refractivity contribution is -0.136. The fraction of sp³-hybridized carbons (Fsp3) is 0.423. The van der Waals surface area contributed by atoms with Crippen LogP contribution >= 0.6 is 0 Å². The second-order valence-corrected chi connectivity index (χ2v) is 11.0. The fourth-order valence-electron chi connectivity index (χ4n) is 5.01. The molecule has 3 heterocycles. The summed E-state index contributed by atoms with van der Waals surface area (Å²) in [4.78, 5) is 38.2. The third kappa shape index (κ3) is 4.78. The van der Waals surface area contributed by atoms with Gasteiger partial charge in [0, 0.05) is 39.9 Å². The van der Waals surface area contributed by atoms with E-state index < -0.39 is 22.7 Å². The van der Waals surface area contributed by atoms with Gasteiger partial charge in [0.05, 0.1) is 6.54 Å². The average Bonchev–Trinajstić information content (AvgIpc) is 3.17. The molecule has 1 atom stereocenters. The molecule has 2 fully saturated rings. The number of fused-ring (bicyclic) bond motifs is 1. The normalized spacial score (nSPS) is 24.6. The minimum absolute atomic E-state index is 0.203. The zero-order valence-electron chi connectivity index (χ0n) is 19.0. The molecule has 8 heteroatoms. The first-order valence-electron chi connectivity index (χ1n) is 11.8. The third-order valence-electron chi connectivity index (χ3n) is 6.99. The maximum Gasteiger partial charge on any atom is 0.255 e. The molecule has 1 N–H and O–H groups in total. The lowest BCUT2D eigenvalue weighted by Crippen LogP contribution is -2.52. The second-order valence-electron chi connectivity index (χ2n) is 9.28. The van der Waals surface area contributed by atoms with Gasteiger partial charge in [-0.2, -0.15) is 0 Å². The molecule has 0 saturated carbocycles. The van der Waals surface area contributed by atoms with Crippen LogP contribution < -0.4 is 10.1 Å². The summed E-state index contributed by atoms with van der Waals surface area (Å²) in [6, 6.07) is 13.2. The monoisotopic (exact) mass is 480 g/mol. The van der Waals surface area contributed by atoms with E-state index in [2.05, 4.69) is 29.6 Å². The van der Waals surface area contributed by atoms with Crippen molar-refractivity contribution >= 4 is 28.5 Å². The topological polar surface area (TPSA) is 92.8 Å². The Kier molecular flexibility index (Phi) is 6.50. The van der Waals surface area contributed by atoms with E-state index in [0.29, 0.717) is 36.8 Å². The smallest absolute Gasteiger partial charge is 0.255 e. The molecule has 3 amide bonds. The van der Waals surface area contributed by atoms with Crippen molar-refractivity contribution in [2.24, 2.45) is 5.92 Å². The van der Waals surface area contributed by atoms with E-state index in [1.165, 1.54) is 10.5 Å². The van der Waals surface area contributed by atoms with Gasteiger partial charge >= 0.3 is 0 Å². The first kappa shape index (κ1) is 22.8. The van der Waals surface area contributed by atoms with Crippen LogP contribution in [0, 0.1) is 5.92 Å². The molecule has 2 aromatic carbocycles. The maximum atomic E-state index is 13.0. The number of carbonyl (C=O) groups is 3. The van der Waals surface area contributed by atoms with Crippen LogP contribution in [0.2, 0.25) is 0 Å². The van der Waals surface area contributed by atoms with Crippen molar-refractivity contribution < 1.29 is 23.3 Å². The Labute approximate surface area is 201 Å². The first-order chi connectivity index (χ1) is 16.5. The van der Waals surface area contributed by atoms with Crippen molar-refractivity contribution in [3.05, 3.63) is 64.7 Å². The van der Waals surface area contributed by atoms with Gasteiger partial charge in [-0.05, 0) is 54.9 Å². The van der Waals surface area contributed by atoms with E-state index in [9.17, 15) is 18.6 Å². The molecule has 0 spiro atoms. The Morgan fingerprint density at radius 2 is 1.71 bits per heavy atom. The predicted octanol–water partition coefficient (Wildman–Crippen LogP) is 2.73. The summed E-state index contributed by atoms with van der Waals surface area (Å²) in [7, 11) is -0.627. The molecule has 0 aliphatic carbocycles. The Hall–Kier alpha value is -3.00. The highest BCUT2D eigenvalue weighted by Crippen LogP contribution is 2.34. The number of ether oxygens (including phenoxy) is 1. The van der Waals surface area contributed by atoms with E-state index >= 15 is 0 Å². The fourth-order valence-corrected chi connectivity index (χ4v) is 6.40. The Morgan fingerprint density at radius 1 is 0.971 bits per heavy atom. The van der Waals surface area contributed by atoms with Gasteiger partial charge in [0.15, 0.2) is 0 Å². The van der Waals surface area contributed by atoms with Gasteiger partial charge in [0.2, 0.25) is 11.8 Å². The van der Waals surface area contributed by atoms with Gasteiger partial charge in [-0.1, -0.05) is 30.3 Å². The molecular formula is C26H28N2O5S. The summed E-state index contributed by atoms with van der Waals surface area (Å²) in [5.41, 5.74) is 3.65. The first-order valence-corrected chi connectivity index (χ1v) is 13.3. The number of hydrogen-bond acceptors (Lipinski definition) is 5. The van der Waals surface area contributed by atoms with Crippen molar-refractivity contribution in [1.29, 1.82) is 0 Å². The summed E-state index contributed by atoms with van der Waals surface area (Å²) in [5.74, 6) is 1.97. The Morgan fingerprint density at radius 3 is 2.44 bits per heavy atom. The number of nitrogens with one attached hydrogen (secondary N) is 1. The van der Waals surface area contributed by atoms with E-state index in [4.69, 9.17) is 4.74 Å². The van der Waals surface area contributed by atoms with Gasteiger partial charge in [0.1, 0.15) is 18.4 Å². The van der Waals surface area contributed by atoms with Crippen LogP contribution in [-0.4, -0.2) is 44.4 Å². The molecule has 7 nitrogen and oxygen atoms in total. The molecule has 3 aliphatic rings. The van der Waals surface area contributed by atoms with Gasteiger partial charge in [-0.3, -0.25) is 23.9 Å². The lowest BCUT2D eigenvalue weighted by atomic mass is 9.94. The van der Waals surface area contributed by atoms with Crippen LogP contribution in [0.15, 0.2) is 42.5 Å². The maximum absolute atomic E-state index is 13.0. The molecule has 3 aliphatic heterocycles. The highest BCUT2D eigenvalue weighted by molar-refractivity contribution is 7.85. The summed E-state index contributed by atoms with van der Waals surface area (Å²) in [5, 5.41) is 2.33. The zero-order valence-corrected chi connectivity index (χ0v) is 19.8. The Bertz CT molecular complexity index is 1140. The molecule has 5 rings (SSSR count). The Balaban J connectivity index is 1.22. The van der Waals surface area contributed by atoms with Crippen LogP contribution in [0.3, 0.4) is 0 Å².